The van der Waals surface area contributed by atoms with E-state index in [0.29, 0.717) is 47.0 Å². The third-order valence-electron chi connectivity index (χ3n) is 3.90. The second-order valence-electron chi connectivity index (χ2n) is 5.71. The fourth-order valence-corrected chi connectivity index (χ4v) is 4.08. The Morgan fingerprint density at radius 1 is 1.00 bits per heavy atom. The molecule has 25 heavy (non-hydrogen) atoms. The van der Waals surface area contributed by atoms with Crippen LogP contribution >= 0.6 is 0 Å². The van der Waals surface area contributed by atoms with Crippen LogP contribution in [0, 0.1) is 6.92 Å². The Balaban J connectivity index is 1.72. The normalized spacial score (nSPS) is 13.8. The molecule has 3 N–H and O–H groups in total. The second kappa shape index (κ2) is 5.55. The Morgan fingerprint density at radius 3 is 2.44 bits per heavy atom. The van der Waals surface area contributed by atoms with Gasteiger partial charge in [0.1, 0.15) is 13.2 Å². The molecule has 0 fully saturated rings. The number of sulfonamides is 1. The van der Waals surface area contributed by atoms with Crippen molar-refractivity contribution >= 4 is 26.7 Å². The zero-order valence-corrected chi connectivity index (χ0v) is 14.1. The molecular formula is C16H15N3O5S. The molecule has 0 saturated heterocycles. The van der Waals surface area contributed by atoms with E-state index in [1.165, 1.54) is 6.07 Å². The highest BCUT2D eigenvalue weighted by Crippen LogP contribution is 2.33. The van der Waals surface area contributed by atoms with Gasteiger partial charge in [-0.25, -0.2) is 13.2 Å². The summed E-state index contributed by atoms with van der Waals surface area (Å²) in [5.74, 6) is 1.07. The summed E-state index contributed by atoms with van der Waals surface area (Å²) >= 11 is 0. The molecule has 4 rings (SSSR count). The number of hydrogen-bond donors (Lipinski definition) is 3. The van der Waals surface area contributed by atoms with Gasteiger partial charge in [0.15, 0.2) is 11.5 Å². The van der Waals surface area contributed by atoms with E-state index >= 15 is 0 Å². The van der Waals surface area contributed by atoms with Gasteiger partial charge in [-0.15, -0.1) is 0 Å². The largest absolute Gasteiger partial charge is 0.486 e. The van der Waals surface area contributed by atoms with Crippen LogP contribution in [0.4, 0.5) is 5.69 Å². The standard InChI is InChI=1S/C16H15N3O5S/c1-9-6-11-12(18-16(20)17-11)8-15(9)25(21,22)19-10-2-3-13-14(7-10)24-5-4-23-13/h2-3,6-8,19H,4-5H2,1H3,(H2,17,18,20). The van der Waals surface area contributed by atoms with Crippen molar-refractivity contribution in [2.45, 2.75) is 11.8 Å². The first-order chi connectivity index (χ1) is 11.9. The molecule has 0 bridgehead atoms. The lowest BCUT2D eigenvalue weighted by Gasteiger charge is -2.19. The Hall–Kier alpha value is -2.94. The lowest BCUT2D eigenvalue weighted by atomic mass is 10.2. The summed E-state index contributed by atoms with van der Waals surface area (Å²) < 4.78 is 38.9. The van der Waals surface area contributed by atoms with E-state index in [0.717, 1.165) is 0 Å². The lowest BCUT2D eigenvalue weighted by molar-refractivity contribution is 0.171. The van der Waals surface area contributed by atoms with Crippen molar-refractivity contribution in [2.75, 3.05) is 17.9 Å². The number of ether oxygens (including phenoxy) is 2. The Bertz CT molecular complexity index is 1130. The summed E-state index contributed by atoms with van der Waals surface area (Å²) in [5, 5.41) is 0. The van der Waals surface area contributed by atoms with Gasteiger partial charge in [0.25, 0.3) is 10.0 Å². The number of aromatic nitrogens is 2. The van der Waals surface area contributed by atoms with Gasteiger partial charge < -0.3 is 19.4 Å². The molecule has 0 aliphatic carbocycles. The summed E-state index contributed by atoms with van der Waals surface area (Å²) in [5.41, 5.74) is 1.49. The van der Waals surface area contributed by atoms with Crippen molar-refractivity contribution < 1.29 is 17.9 Å². The minimum absolute atomic E-state index is 0.0881. The maximum Gasteiger partial charge on any atom is 0.323 e. The third-order valence-corrected chi connectivity index (χ3v) is 5.42. The Labute approximate surface area is 142 Å². The highest BCUT2D eigenvalue weighted by Gasteiger charge is 2.20. The van der Waals surface area contributed by atoms with Gasteiger partial charge in [0.2, 0.25) is 0 Å². The van der Waals surface area contributed by atoms with Gasteiger partial charge in [0.05, 0.1) is 21.6 Å². The summed E-state index contributed by atoms with van der Waals surface area (Å²) in [6.45, 7) is 2.55. The number of aryl methyl sites for hydroxylation is 1. The second-order valence-corrected chi connectivity index (χ2v) is 7.36. The molecule has 1 aliphatic rings. The number of nitrogens with one attached hydrogen (secondary N) is 3. The quantitative estimate of drug-likeness (QED) is 0.658. The van der Waals surface area contributed by atoms with Crippen LogP contribution < -0.4 is 19.9 Å². The van der Waals surface area contributed by atoms with E-state index in [1.54, 1.807) is 31.2 Å². The molecule has 0 saturated carbocycles. The number of hydrogen-bond acceptors (Lipinski definition) is 5. The zero-order valence-electron chi connectivity index (χ0n) is 13.3. The highest BCUT2D eigenvalue weighted by atomic mass is 32.2. The minimum Gasteiger partial charge on any atom is -0.486 e. The first-order valence-corrected chi connectivity index (χ1v) is 9.06. The van der Waals surface area contributed by atoms with Crippen molar-refractivity contribution in [3.05, 3.63) is 46.4 Å². The molecule has 1 aliphatic heterocycles. The van der Waals surface area contributed by atoms with E-state index in [1.807, 2.05) is 0 Å². The van der Waals surface area contributed by atoms with Crippen LogP contribution in [0.15, 0.2) is 40.0 Å². The molecular weight excluding hydrogens is 346 g/mol. The maximum absolute atomic E-state index is 12.8. The van der Waals surface area contributed by atoms with Gasteiger partial charge in [-0.3, -0.25) is 4.72 Å². The average molecular weight is 361 g/mol. The van der Waals surface area contributed by atoms with Crippen molar-refractivity contribution in [1.82, 2.24) is 9.97 Å². The van der Waals surface area contributed by atoms with Gasteiger partial charge in [0, 0.05) is 6.07 Å². The number of aromatic amines is 2. The summed E-state index contributed by atoms with van der Waals surface area (Å²) in [4.78, 5) is 16.6. The zero-order chi connectivity index (χ0) is 17.6. The van der Waals surface area contributed by atoms with Crippen LogP contribution in [0.5, 0.6) is 11.5 Å². The van der Waals surface area contributed by atoms with Crippen LogP contribution in [-0.2, 0) is 10.0 Å². The molecule has 1 aromatic heterocycles. The molecule has 3 aromatic rings. The predicted octanol–water partition coefficient (Wildman–Crippen LogP) is 1.74. The van der Waals surface area contributed by atoms with Gasteiger partial charge in [-0.05, 0) is 36.8 Å². The Morgan fingerprint density at radius 2 is 1.68 bits per heavy atom. The average Bonchev–Trinajstić information content (AvgIpc) is 2.92. The number of imidazole rings is 1. The number of benzene rings is 2. The third kappa shape index (κ3) is 2.82. The van der Waals surface area contributed by atoms with E-state index in [-0.39, 0.29) is 10.6 Å². The van der Waals surface area contributed by atoms with Crippen LogP contribution in [0.25, 0.3) is 11.0 Å². The summed E-state index contributed by atoms with van der Waals surface area (Å²) in [6.07, 6.45) is 0. The van der Waals surface area contributed by atoms with E-state index in [9.17, 15) is 13.2 Å². The smallest absolute Gasteiger partial charge is 0.323 e. The fourth-order valence-electron chi connectivity index (χ4n) is 2.78. The van der Waals surface area contributed by atoms with Crippen LogP contribution in [0.1, 0.15) is 5.56 Å². The minimum atomic E-state index is -3.84. The monoisotopic (exact) mass is 361 g/mol. The van der Waals surface area contributed by atoms with Gasteiger partial charge in [-0.2, -0.15) is 0 Å². The predicted molar refractivity (Wildman–Crippen MR) is 91.9 cm³/mol. The van der Waals surface area contributed by atoms with Gasteiger partial charge in [-0.1, -0.05) is 0 Å². The molecule has 0 spiro atoms. The topological polar surface area (TPSA) is 113 Å². The van der Waals surface area contributed by atoms with Crippen molar-refractivity contribution in [3.8, 4) is 11.5 Å². The Kier molecular flexibility index (Phi) is 3.46. The number of H-pyrrole nitrogens is 2. The molecule has 9 heteroatoms. The maximum atomic E-state index is 12.8. The first-order valence-electron chi connectivity index (χ1n) is 7.57. The molecule has 130 valence electrons. The lowest BCUT2D eigenvalue weighted by Crippen LogP contribution is -2.17. The first kappa shape index (κ1) is 15.6. The molecule has 2 aromatic carbocycles. The van der Waals surface area contributed by atoms with Crippen LogP contribution in [0.2, 0.25) is 0 Å². The van der Waals surface area contributed by atoms with Crippen molar-refractivity contribution in [3.63, 3.8) is 0 Å². The van der Waals surface area contributed by atoms with Crippen molar-refractivity contribution in [1.29, 1.82) is 0 Å². The fraction of sp³-hybridized carbons (Fsp3) is 0.188. The van der Waals surface area contributed by atoms with Gasteiger partial charge >= 0.3 is 5.69 Å². The number of rotatable bonds is 3. The van der Waals surface area contributed by atoms with Crippen LogP contribution in [0.3, 0.4) is 0 Å². The van der Waals surface area contributed by atoms with E-state index in [4.69, 9.17) is 9.47 Å². The summed E-state index contributed by atoms with van der Waals surface area (Å²) in [6, 6.07) is 7.90. The molecule has 0 radical (unpaired) electrons. The van der Waals surface area contributed by atoms with E-state index < -0.39 is 10.0 Å². The number of anilines is 1. The highest BCUT2D eigenvalue weighted by molar-refractivity contribution is 7.92. The van der Waals surface area contributed by atoms with E-state index in [2.05, 4.69) is 14.7 Å². The summed E-state index contributed by atoms with van der Waals surface area (Å²) in [7, 11) is -3.84. The molecule has 0 unspecified atom stereocenters. The van der Waals surface area contributed by atoms with Crippen LogP contribution in [-0.4, -0.2) is 31.6 Å². The molecule has 0 amide bonds. The SMILES string of the molecule is Cc1cc2[nH]c(=O)[nH]c2cc1S(=O)(=O)Nc1ccc2c(c1)OCCO2. The molecule has 2 heterocycles. The molecule has 0 atom stereocenters. The number of fused-ring (bicyclic) bond motifs is 2. The van der Waals surface area contributed by atoms with Crippen molar-refractivity contribution in [2.24, 2.45) is 0 Å². The molecule has 8 nitrogen and oxygen atoms in total.